The molecule has 1 aliphatic rings. The molecule has 0 amide bonds. The topological polar surface area (TPSA) is 56.1 Å². The first-order valence-electron chi connectivity index (χ1n) is 6.46. The number of nitrogens with zero attached hydrogens (tertiary/aromatic N) is 2. The van der Waals surface area contributed by atoms with E-state index in [1.807, 2.05) is 6.92 Å². The number of ether oxygens (including phenoxy) is 1. The van der Waals surface area contributed by atoms with Crippen LogP contribution in [0.3, 0.4) is 0 Å². The van der Waals surface area contributed by atoms with Gasteiger partial charge in [0.1, 0.15) is 5.02 Å². The third kappa shape index (κ3) is 2.37. The van der Waals surface area contributed by atoms with Gasteiger partial charge in [0.05, 0.1) is 18.0 Å². The number of hydrogen-bond donors (Lipinski definition) is 1. The van der Waals surface area contributed by atoms with Crippen LogP contribution in [0.4, 0.5) is 5.69 Å². The number of nitrogens with one attached hydrogen (secondary N) is 1. The van der Waals surface area contributed by atoms with E-state index in [9.17, 15) is 4.79 Å². The van der Waals surface area contributed by atoms with Crippen molar-refractivity contribution in [3.63, 3.8) is 0 Å². The molecule has 0 aliphatic heterocycles. The van der Waals surface area contributed by atoms with Crippen LogP contribution in [-0.4, -0.2) is 29.0 Å². The van der Waals surface area contributed by atoms with E-state index in [2.05, 4.69) is 24.3 Å². The maximum atomic E-state index is 11.9. The van der Waals surface area contributed by atoms with Crippen molar-refractivity contribution in [3.8, 4) is 0 Å². The lowest BCUT2D eigenvalue weighted by atomic mass is 9.64. The van der Waals surface area contributed by atoms with E-state index in [1.54, 1.807) is 13.3 Å². The molecule has 2 atom stereocenters. The Morgan fingerprint density at radius 2 is 2.32 bits per heavy atom. The van der Waals surface area contributed by atoms with Crippen LogP contribution in [0.5, 0.6) is 0 Å². The van der Waals surface area contributed by atoms with E-state index >= 15 is 0 Å². The Morgan fingerprint density at radius 1 is 1.63 bits per heavy atom. The zero-order chi connectivity index (χ0) is 14.2. The van der Waals surface area contributed by atoms with Crippen LogP contribution in [0.1, 0.15) is 27.2 Å². The molecule has 1 saturated carbocycles. The second kappa shape index (κ2) is 5.13. The fourth-order valence-corrected chi connectivity index (χ4v) is 2.71. The van der Waals surface area contributed by atoms with Crippen molar-refractivity contribution in [1.82, 2.24) is 9.78 Å². The van der Waals surface area contributed by atoms with Gasteiger partial charge in [-0.3, -0.25) is 4.79 Å². The van der Waals surface area contributed by atoms with Gasteiger partial charge in [-0.25, -0.2) is 4.68 Å². The smallest absolute Gasteiger partial charge is 0.287 e. The Hall–Kier alpha value is -1.07. The van der Waals surface area contributed by atoms with Crippen LogP contribution in [-0.2, 0) is 11.3 Å². The second-order valence-electron chi connectivity index (χ2n) is 5.47. The highest BCUT2D eigenvalue weighted by molar-refractivity contribution is 6.32. The summed E-state index contributed by atoms with van der Waals surface area (Å²) in [5.41, 5.74) is 0.358. The fraction of sp³-hybridized carbons (Fsp3) is 0.692. The van der Waals surface area contributed by atoms with Crippen LogP contribution >= 0.6 is 11.6 Å². The van der Waals surface area contributed by atoms with Crippen molar-refractivity contribution in [3.05, 3.63) is 21.6 Å². The minimum Gasteiger partial charge on any atom is -0.381 e. The molecule has 2 unspecified atom stereocenters. The molecule has 0 radical (unpaired) electrons. The predicted octanol–water partition coefficient (Wildman–Crippen LogP) is 2.14. The SMILES string of the molecule is CCn1ncc(NC2CC(OC)C2(C)C)c(Cl)c1=O. The summed E-state index contributed by atoms with van der Waals surface area (Å²) in [6.45, 7) is 6.64. The predicted molar refractivity (Wildman–Crippen MR) is 75.8 cm³/mol. The lowest BCUT2D eigenvalue weighted by Crippen LogP contribution is -2.57. The van der Waals surface area contributed by atoms with Gasteiger partial charge in [-0.1, -0.05) is 25.4 Å². The van der Waals surface area contributed by atoms with E-state index in [1.165, 1.54) is 4.68 Å². The molecule has 1 heterocycles. The van der Waals surface area contributed by atoms with Gasteiger partial charge in [-0.15, -0.1) is 0 Å². The first kappa shape index (κ1) is 14.3. The summed E-state index contributed by atoms with van der Waals surface area (Å²) < 4.78 is 6.75. The molecule has 19 heavy (non-hydrogen) atoms. The highest BCUT2D eigenvalue weighted by atomic mass is 35.5. The zero-order valence-corrected chi connectivity index (χ0v) is 12.5. The number of hydrogen-bond acceptors (Lipinski definition) is 4. The maximum absolute atomic E-state index is 11.9. The van der Waals surface area contributed by atoms with E-state index in [0.717, 1.165) is 6.42 Å². The summed E-state index contributed by atoms with van der Waals surface area (Å²) >= 11 is 6.10. The first-order chi connectivity index (χ1) is 8.91. The molecular formula is C13H20ClN3O2. The van der Waals surface area contributed by atoms with Crippen molar-refractivity contribution in [1.29, 1.82) is 0 Å². The lowest BCUT2D eigenvalue weighted by molar-refractivity contribution is -0.0794. The number of aromatic nitrogens is 2. The summed E-state index contributed by atoms with van der Waals surface area (Å²) in [6, 6.07) is 0.230. The molecule has 1 aromatic rings. The van der Waals surface area contributed by atoms with Gasteiger partial charge in [0, 0.05) is 25.1 Å². The number of halogens is 1. The van der Waals surface area contributed by atoms with Gasteiger partial charge in [-0.05, 0) is 13.3 Å². The van der Waals surface area contributed by atoms with Gasteiger partial charge in [-0.2, -0.15) is 5.10 Å². The van der Waals surface area contributed by atoms with Crippen LogP contribution in [0.2, 0.25) is 5.02 Å². The molecule has 2 rings (SSSR count). The number of methoxy groups -OCH3 is 1. The fourth-order valence-electron chi connectivity index (χ4n) is 2.51. The van der Waals surface area contributed by atoms with Gasteiger partial charge in [0.15, 0.2) is 0 Å². The minimum atomic E-state index is -0.255. The third-order valence-electron chi connectivity index (χ3n) is 4.08. The highest BCUT2D eigenvalue weighted by Gasteiger charge is 2.48. The standard InChI is InChI=1S/C13H20ClN3O2/c1-5-17-12(18)11(14)8(7-15-17)16-9-6-10(19-4)13(9,2)3/h7,9-10,16H,5-6H2,1-4H3. The van der Waals surface area contributed by atoms with E-state index in [4.69, 9.17) is 16.3 Å². The summed E-state index contributed by atoms with van der Waals surface area (Å²) in [5, 5.41) is 7.59. The van der Waals surface area contributed by atoms with Crippen molar-refractivity contribution in [2.75, 3.05) is 12.4 Å². The molecule has 0 bridgehead atoms. The third-order valence-corrected chi connectivity index (χ3v) is 4.44. The average molecular weight is 286 g/mol. The van der Waals surface area contributed by atoms with Crippen molar-refractivity contribution in [2.45, 2.75) is 45.9 Å². The summed E-state index contributed by atoms with van der Waals surface area (Å²) in [7, 11) is 1.72. The normalized spacial score (nSPS) is 24.9. The number of aryl methyl sites for hydroxylation is 1. The lowest BCUT2D eigenvalue weighted by Gasteiger charge is -2.51. The molecule has 1 fully saturated rings. The minimum absolute atomic E-state index is 0.0116. The van der Waals surface area contributed by atoms with Gasteiger partial charge in [0.25, 0.3) is 5.56 Å². The Balaban J connectivity index is 2.18. The molecular weight excluding hydrogens is 266 g/mol. The van der Waals surface area contributed by atoms with E-state index in [0.29, 0.717) is 12.2 Å². The summed E-state index contributed by atoms with van der Waals surface area (Å²) in [6.07, 6.45) is 2.74. The number of anilines is 1. The van der Waals surface area contributed by atoms with Crippen molar-refractivity contribution < 1.29 is 4.74 Å². The molecule has 0 spiro atoms. The molecule has 1 aliphatic carbocycles. The maximum Gasteiger partial charge on any atom is 0.287 e. The Kier molecular flexibility index (Phi) is 3.87. The quantitative estimate of drug-likeness (QED) is 0.921. The van der Waals surface area contributed by atoms with Crippen molar-refractivity contribution in [2.24, 2.45) is 5.41 Å². The molecule has 0 aromatic carbocycles. The Labute approximate surface area is 117 Å². The summed E-state index contributed by atoms with van der Waals surface area (Å²) in [4.78, 5) is 11.9. The highest BCUT2D eigenvalue weighted by Crippen LogP contribution is 2.44. The summed E-state index contributed by atoms with van der Waals surface area (Å²) in [5.74, 6) is 0. The Bertz CT molecular complexity index is 527. The molecule has 6 heteroatoms. The monoisotopic (exact) mass is 285 g/mol. The second-order valence-corrected chi connectivity index (χ2v) is 5.85. The molecule has 0 saturated heterocycles. The largest absolute Gasteiger partial charge is 0.381 e. The molecule has 1 N–H and O–H groups in total. The van der Waals surface area contributed by atoms with Crippen LogP contribution < -0.4 is 10.9 Å². The van der Waals surface area contributed by atoms with Crippen LogP contribution in [0, 0.1) is 5.41 Å². The van der Waals surface area contributed by atoms with E-state index < -0.39 is 0 Å². The molecule has 5 nitrogen and oxygen atoms in total. The van der Waals surface area contributed by atoms with E-state index in [-0.39, 0.29) is 28.1 Å². The Morgan fingerprint density at radius 3 is 2.84 bits per heavy atom. The van der Waals surface area contributed by atoms with Gasteiger partial charge in [0.2, 0.25) is 0 Å². The zero-order valence-electron chi connectivity index (χ0n) is 11.7. The average Bonchev–Trinajstić information content (AvgIpc) is 2.38. The molecule has 1 aromatic heterocycles. The van der Waals surface area contributed by atoms with Gasteiger partial charge < -0.3 is 10.1 Å². The van der Waals surface area contributed by atoms with Crippen LogP contribution in [0.25, 0.3) is 0 Å². The first-order valence-corrected chi connectivity index (χ1v) is 6.84. The molecule has 106 valence electrons. The van der Waals surface area contributed by atoms with Crippen LogP contribution in [0.15, 0.2) is 11.0 Å². The number of rotatable bonds is 4. The van der Waals surface area contributed by atoms with Crippen molar-refractivity contribution >= 4 is 17.3 Å². The van der Waals surface area contributed by atoms with Gasteiger partial charge >= 0.3 is 0 Å².